The van der Waals surface area contributed by atoms with Gasteiger partial charge in [0.15, 0.2) is 0 Å². The minimum atomic E-state index is 0.584. The molecule has 0 atom stereocenters. The molecule has 0 bridgehead atoms. The Hall–Kier alpha value is -0.830. The molecule has 9 heavy (non-hydrogen) atoms. The van der Waals surface area contributed by atoms with Crippen molar-refractivity contribution in [1.29, 1.82) is 0 Å². The Kier molecular flexibility index (Phi) is 6.51. The molecule has 0 aromatic rings. The van der Waals surface area contributed by atoms with E-state index in [-0.39, 0.29) is 0 Å². The number of ether oxygens (including phenoxy) is 1. The van der Waals surface area contributed by atoms with Crippen LogP contribution >= 0.6 is 0 Å². The van der Waals surface area contributed by atoms with Crippen LogP contribution in [0.2, 0.25) is 0 Å². The van der Waals surface area contributed by atoms with Gasteiger partial charge in [-0.05, 0) is 13.0 Å². The minimum Gasteiger partial charge on any atom is -0.501 e. The van der Waals surface area contributed by atoms with Crippen LogP contribution in [0.15, 0.2) is 12.3 Å². The second kappa shape index (κ2) is 7.17. The van der Waals surface area contributed by atoms with Crippen molar-refractivity contribution in [2.24, 2.45) is 5.73 Å². The van der Waals surface area contributed by atoms with Crippen LogP contribution in [0.4, 0.5) is 0 Å². The van der Waals surface area contributed by atoms with Crippen LogP contribution in [0, 0.1) is 0 Å². The van der Waals surface area contributed by atoms with Crippen LogP contribution in [-0.2, 0) is 9.53 Å². The fourth-order valence-electron chi connectivity index (χ4n) is 0.322. The topological polar surface area (TPSA) is 52.3 Å². The van der Waals surface area contributed by atoms with Crippen molar-refractivity contribution in [2.45, 2.75) is 6.42 Å². The van der Waals surface area contributed by atoms with Gasteiger partial charge < -0.3 is 10.5 Å². The molecule has 0 aromatic carbocycles. The summed E-state index contributed by atoms with van der Waals surface area (Å²) in [5.41, 5.74) is 5.17. The lowest BCUT2D eigenvalue weighted by Gasteiger charge is -1.94. The molecule has 0 saturated heterocycles. The molecule has 0 rings (SSSR count). The maximum Gasteiger partial charge on any atom is 0.145 e. The molecule has 0 unspecified atom stereocenters. The maximum atomic E-state index is 9.65. The zero-order valence-electron chi connectivity index (χ0n) is 5.25. The standard InChI is InChI=1S/C6H11NO2/c7-3-1-5-9-6-2-4-8/h2,4,6H,1,3,5,7H2. The third-order valence-electron chi connectivity index (χ3n) is 0.720. The average Bonchev–Trinajstić information content (AvgIpc) is 1.89. The van der Waals surface area contributed by atoms with Gasteiger partial charge in [-0.1, -0.05) is 0 Å². The van der Waals surface area contributed by atoms with Crippen LogP contribution in [0.1, 0.15) is 6.42 Å². The number of carbonyl (C=O) groups excluding carboxylic acids is 1. The summed E-state index contributed by atoms with van der Waals surface area (Å²) in [6.45, 7) is 1.20. The number of rotatable bonds is 5. The summed E-state index contributed by atoms with van der Waals surface area (Å²) >= 11 is 0. The quantitative estimate of drug-likeness (QED) is 0.247. The largest absolute Gasteiger partial charge is 0.501 e. The fourth-order valence-corrected chi connectivity index (χ4v) is 0.322. The Morgan fingerprint density at radius 2 is 2.33 bits per heavy atom. The van der Waals surface area contributed by atoms with Crippen molar-refractivity contribution >= 4 is 6.29 Å². The van der Waals surface area contributed by atoms with E-state index in [0.717, 1.165) is 6.42 Å². The average molecular weight is 129 g/mol. The van der Waals surface area contributed by atoms with Gasteiger partial charge >= 0.3 is 0 Å². The summed E-state index contributed by atoms with van der Waals surface area (Å²) in [5, 5.41) is 0. The number of carbonyl (C=O) groups is 1. The minimum absolute atomic E-state index is 0.584. The molecule has 0 aliphatic rings. The van der Waals surface area contributed by atoms with Gasteiger partial charge in [0.25, 0.3) is 0 Å². The van der Waals surface area contributed by atoms with Crippen molar-refractivity contribution in [3.63, 3.8) is 0 Å². The summed E-state index contributed by atoms with van der Waals surface area (Å²) in [6, 6.07) is 0. The number of hydrogen-bond acceptors (Lipinski definition) is 3. The molecule has 0 aliphatic carbocycles. The van der Waals surface area contributed by atoms with E-state index in [1.165, 1.54) is 12.3 Å². The number of hydrogen-bond donors (Lipinski definition) is 1. The first-order chi connectivity index (χ1) is 4.41. The van der Waals surface area contributed by atoms with Gasteiger partial charge in [0.1, 0.15) is 6.29 Å². The molecule has 0 heterocycles. The molecule has 0 saturated carbocycles. The molecule has 0 aromatic heterocycles. The third kappa shape index (κ3) is 7.17. The van der Waals surface area contributed by atoms with Gasteiger partial charge in [0.2, 0.25) is 0 Å². The highest BCUT2D eigenvalue weighted by atomic mass is 16.5. The zero-order valence-corrected chi connectivity index (χ0v) is 5.25. The predicted octanol–water partition coefficient (Wildman–Crippen LogP) is 0.0644. The molecule has 3 heteroatoms. The number of aldehydes is 1. The Balaban J connectivity index is 2.90. The summed E-state index contributed by atoms with van der Waals surface area (Å²) in [4.78, 5) is 9.65. The fraction of sp³-hybridized carbons (Fsp3) is 0.500. The van der Waals surface area contributed by atoms with Crippen molar-refractivity contribution in [3.05, 3.63) is 12.3 Å². The van der Waals surface area contributed by atoms with Crippen LogP contribution in [0.5, 0.6) is 0 Å². The highest BCUT2D eigenvalue weighted by Gasteiger charge is 1.78. The smallest absolute Gasteiger partial charge is 0.145 e. The lowest BCUT2D eigenvalue weighted by atomic mass is 10.5. The Bertz CT molecular complexity index is 91.1. The van der Waals surface area contributed by atoms with Crippen LogP contribution in [0.3, 0.4) is 0 Å². The van der Waals surface area contributed by atoms with E-state index in [0.29, 0.717) is 19.4 Å². The van der Waals surface area contributed by atoms with E-state index in [9.17, 15) is 4.79 Å². The predicted molar refractivity (Wildman–Crippen MR) is 34.8 cm³/mol. The van der Waals surface area contributed by atoms with E-state index in [4.69, 9.17) is 10.5 Å². The van der Waals surface area contributed by atoms with E-state index in [2.05, 4.69) is 0 Å². The lowest BCUT2D eigenvalue weighted by Crippen LogP contribution is -2.01. The maximum absolute atomic E-state index is 9.65. The molecule has 52 valence electrons. The molecular formula is C6H11NO2. The van der Waals surface area contributed by atoms with Gasteiger partial charge in [0, 0.05) is 6.08 Å². The Morgan fingerprint density at radius 3 is 2.89 bits per heavy atom. The van der Waals surface area contributed by atoms with Gasteiger partial charge in [-0.25, -0.2) is 0 Å². The highest BCUT2D eigenvalue weighted by molar-refractivity contribution is 5.64. The first-order valence-corrected chi connectivity index (χ1v) is 2.83. The zero-order chi connectivity index (χ0) is 6.95. The lowest BCUT2D eigenvalue weighted by molar-refractivity contribution is -0.104. The van der Waals surface area contributed by atoms with Gasteiger partial charge in [0.05, 0.1) is 12.9 Å². The number of nitrogens with two attached hydrogens (primary N) is 1. The molecular weight excluding hydrogens is 118 g/mol. The highest BCUT2D eigenvalue weighted by Crippen LogP contribution is 1.79. The molecule has 0 aliphatic heterocycles. The van der Waals surface area contributed by atoms with Gasteiger partial charge in [-0.15, -0.1) is 0 Å². The summed E-state index contributed by atoms with van der Waals surface area (Å²) < 4.78 is 4.82. The summed E-state index contributed by atoms with van der Waals surface area (Å²) in [5.74, 6) is 0. The van der Waals surface area contributed by atoms with Gasteiger partial charge in [-0.3, -0.25) is 4.79 Å². The van der Waals surface area contributed by atoms with Crippen molar-refractivity contribution in [3.8, 4) is 0 Å². The second-order valence-corrected chi connectivity index (χ2v) is 1.48. The van der Waals surface area contributed by atoms with Crippen LogP contribution < -0.4 is 5.73 Å². The molecule has 0 radical (unpaired) electrons. The first-order valence-electron chi connectivity index (χ1n) is 2.83. The summed E-state index contributed by atoms with van der Waals surface area (Å²) in [6.07, 6.45) is 4.16. The number of allylic oxidation sites excluding steroid dienone is 1. The SMILES string of the molecule is NCCCOC=CC=O. The Morgan fingerprint density at radius 1 is 1.56 bits per heavy atom. The van der Waals surface area contributed by atoms with E-state index in [1.807, 2.05) is 0 Å². The molecule has 3 nitrogen and oxygen atoms in total. The van der Waals surface area contributed by atoms with Gasteiger partial charge in [-0.2, -0.15) is 0 Å². The first kappa shape index (κ1) is 8.17. The molecule has 0 fully saturated rings. The van der Waals surface area contributed by atoms with Crippen molar-refractivity contribution in [1.82, 2.24) is 0 Å². The second-order valence-electron chi connectivity index (χ2n) is 1.48. The third-order valence-corrected chi connectivity index (χ3v) is 0.720. The Labute approximate surface area is 54.5 Å². The molecule has 0 spiro atoms. The summed E-state index contributed by atoms with van der Waals surface area (Å²) in [7, 11) is 0. The van der Waals surface area contributed by atoms with E-state index in [1.54, 1.807) is 0 Å². The normalized spacial score (nSPS) is 9.89. The van der Waals surface area contributed by atoms with Crippen molar-refractivity contribution in [2.75, 3.05) is 13.2 Å². The van der Waals surface area contributed by atoms with Crippen LogP contribution in [-0.4, -0.2) is 19.4 Å². The van der Waals surface area contributed by atoms with E-state index >= 15 is 0 Å². The monoisotopic (exact) mass is 129 g/mol. The van der Waals surface area contributed by atoms with Crippen LogP contribution in [0.25, 0.3) is 0 Å². The van der Waals surface area contributed by atoms with E-state index < -0.39 is 0 Å². The van der Waals surface area contributed by atoms with Crippen molar-refractivity contribution < 1.29 is 9.53 Å². The molecule has 2 N–H and O–H groups in total. The molecule has 0 amide bonds.